The summed E-state index contributed by atoms with van der Waals surface area (Å²) in [5.41, 5.74) is 0. The number of fused-ring (bicyclic) bond motifs is 1. The zero-order valence-corrected chi connectivity index (χ0v) is 16.3. The Kier molecular flexibility index (Phi) is 11.4. The van der Waals surface area contributed by atoms with E-state index in [1.807, 2.05) is 25.6 Å². The van der Waals surface area contributed by atoms with E-state index in [4.69, 9.17) is 0 Å². The Morgan fingerprint density at radius 1 is 1.20 bits per heavy atom. The highest BCUT2D eigenvalue weighted by Crippen LogP contribution is 2.33. The van der Waals surface area contributed by atoms with Gasteiger partial charge < -0.3 is 20.7 Å². The Morgan fingerprint density at radius 2 is 2.00 bits per heavy atom. The van der Waals surface area contributed by atoms with Gasteiger partial charge in [0, 0.05) is 30.4 Å². The van der Waals surface area contributed by atoms with Gasteiger partial charge in [0.2, 0.25) is 5.91 Å². The number of nitrogens with one attached hydrogen (secondary N) is 3. The lowest BCUT2D eigenvalue weighted by Gasteiger charge is -2.16. The molecule has 0 aromatic heterocycles. The van der Waals surface area contributed by atoms with E-state index in [9.17, 15) is 14.4 Å². The van der Waals surface area contributed by atoms with Gasteiger partial charge in [-0.3, -0.25) is 4.79 Å². The molecule has 3 atom stereocenters. The zero-order valence-electron chi connectivity index (χ0n) is 15.5. The molecule has 6 nitrogen and oxygen atoms in total. The Bertz CT molecular complexity index is 420. The normalized spacial score (nSPS) is 23.8. The molecule has 0 spiro atoms. The van der Waals surface area contributed by atoms with Crippen LogP contribution in [0.3, 0.4) is 0 Å². The maximum absolute atomic E-state index is 11.7. The van der Waals surface area contributed by atoms with Crippen LogP contribution in [0.2, 0.25) is 0 Å². The maximum atomic E-state index is 11.7. The number of carbonyl (C=O) groups is 3. The molecular formula is C18H33N3O3S. The van der Waals surface area contributed by atoms with Crippen LogP contribution < -0.4 is 16.0 Å². The summed E-state index contributed by atoms with van der Waals surface area (Å²) >= 11 is 1.92. The van der Waals surface area contributed by atoms with Crippen molar-refractivity contribution in [2.24, 2.45) is 0 Å². The Hall–Kier alpha value is -1.24. The van der Waals surface area contributed by atoms with Crippen LogP contribution in [-0.4, -0.2) is 47.9 Å². The minimum atomic E-state index is -0.0437. The summed E-state index contributed by atoms with van der Waals surface area (Å²) in [6, 6.07) is 0.491. The molecule has 0 saturated carbocycles. The van der Waals surface area contributed by atoms with Crippen LogP contribution in [-0.2, 0) is 9.59 Å². The lowest BCUT2D eigenvalue weighted by atomic mass is 10.0. The van der Waals surface area contributed by atoms with Crippen LogP contribution in [0.25, 0.3) is 0 Å². The second kappa shape index (κ2) is 13.0. The topological polar surface area (TPSA) is 87.3 Å². The Balaban J connectivity index is 0.00000151. The minimum absolute atomic E-state index is 0.0437. The summed E-state index contributed by atoms with van der Waals surface area (Å²) in [4.78, 5) is 33.2. The smallest absolute Gasteiger partial charge is 0.315 e. The molecule has 2 rings (SSSR count). The number of aldehydes is 1. The summed E-state index contributed by atoms with van der Waals surface area (Å²) in [6.45, 7) is 4.71. The first-order valence-corrected chi connectivity index (χ1v) is 10.6. The van der Waals surface area contributed by atoms with Gasteiger partial charge in [0.05, 0.1) is 12.1 Å². The highest BCUT2D eigenvalue weighted by molar-refractivity contribution is 8.00. The lowest BCUT2D eigenvalue weighted by molar-refractivity contribution is -0.121. The van der Waals surface area contributed by atoms with Gasteiger partial charge in [0.1, 0.15) is 6.29 Å². The van der Waals surface area contributed by atoms with E-state index in [2.05, 4.69) is 16.0 Å². The molecule has 0 aliphatic carbocycles. The van der Waals surface area contributed by atoms with Gasteiger partial charge >= 0.3 is 6.03 Å². The molecule has 0 unspecified atom stereocenters. The van der Waals surface area contributed by atoms with E-state index < -0.39 is 0 Å². The van der Waals surface area contributed by atoms with E-state index >= 15 is 0 Å². The zero-order chi connectivity index (χ0) is 18.5. The number of carbonyl (C=O) groups excluding carboxylic acids is 3. The number of thioether (sulfide) groups is 1. The monoisotopic (exact) mass is 371 g/mol. The van der Waals surface area contributed by atoms with Crippen LogP contribution in [0.5, 0.6) is 0 Å². The van der Waals surface area contributed by atoms with E-state index in [-0.39, 0.29) is 24.0 Å². The van der Waals surface area contributed by atoms with Gasteiger partial charge in [-0.25, -0.2) is 4.79 Å². The number of unbranched alkanes of at least 4 members (excludes halogenated alkanes) is 4. The number of urea groups is 1. The van der Waals surface area contributed by atoms with Crippen molar-refractivity contribution in [1.29, 1.82) is 0 Å². The van der Waals surface area contributed by atoms with Crippen LogP contribution in [0, 0.1) is 0 Å². The fourth-order valence-corrected chi connectivity index (χ4v) is 4.66. The molecule has 2 fully saturated rings. The third kappa shape index (κ3) is 8.12. The first-order chi connectivity index (χ1) is 12.2. The van der Waals surface area contributed by atoms with E-state index in [1.165, 1.54) is 0 Å². The molecular weight excluding hydrogens is 338 g/mol. The van der Waals surface area contributed by atoms with E-state index in [0.29, 0.717) is 24.6 Å². The second-order valence-corrected chi connectivity index (χ2v) is 7.51. The van der Waals surface area contributed by atoms with Crippen LogP contribution in [0.4, 0.5) is 4.79 Å². The molecule has 3 amide bonds. The third-order valence-electron chi connectivity index (χ3n) is 4.40. The molecule has 2 heterocycles. The summed E-state index contributed by atoms with van der Waals surface area (Å²) in [5.74, 6) is 1.10. The van der Waals surface area contributed by atoms with Crippen molar-refractivity contribution in [2.75, 3.05) is 12.3 Å². The standard InChI is InChI=1S/C16H27N3O3S.C2H6/c20-10-6-2-1-5-9-17-14(21)8-4-3-7-13-15-12(11-23-13)18-16(22)19-15;1-2/h10,12-13,15H,1-9,11H2,(H,17,21)(H2,18,19,22);1-2H3/t12-,13-,15-;/m0./s1. The van der Waals surface area contributed by atoms with E-state index in [0.717, 1.165) is 50.6 Å². The van der Waals surface area contributed by atoms with Crippen molar-refractivity contribution in [1.82, 2.24) is 16.0 Å². The molecule has 2 aliphatic rings. The van der Waals surface area contributed by atoms with Gasteiger partial charge in [0.25, 0.3) is 0 Å². The molecule has 2 saturated heterocycles. The summed E-state index contributed by atoms with van der Waals surface area (Å²) in [6.07, 6.45) is 7.93. The van der Waals surface area contributed by atoms with Gasteiger partial charge in [-0.2, -0.15) is 11.8 Å². The quantitative estimate of drug-likeness (QED) is 0.296. The second-order valence-electron chi connectivity index (χ2n) is 6.23. The first kappa shape index (κ1) is 21.8. The largest absolute Gasteiger partial charge is 0.356 e. The molecule has 0 bridgehead atoms. The lowest BCUT2D eigenvalue weighted by Crippen LogP contribution is -2.36. The molecule has 0 aromatic carbocycles. The van der Waals surface area contributed by atoms with Crippen molar-refractivity contribution in [2.45, 2.75) is 82.5 Å². The van der Waals surface area contributed by atoms with Crippen LogP contribution in [0.15, 0.2) is 0 Å². The van der Waals surface area contributed by atoms with Crippen molar-refractivity contribution in [3.8, 4) is 0 Å². The fourth-order valence-electron chi connectivity index (χ4n) is 3.12. The predicted molar refractivity (Wildman–Crippen MR) is 103 cm³/mol. The molecule has 25 heavy (non-hydrogen) atoms. The molecule has 2 aliphatic heterocycles. The molecule has 0 aromatic rings. The highest BCUT2D eigenvalue weighted by atomic mass is 32.2. The van der Waals surface area contributed by atoms with Crippen molar-refractivity contribution >= 4 is 30.0 Å². The van der Waals surface area contributed by atoms with Crippen molar-refractivity contribution in [3.05, 3.63) is 0 Å². The number of hydrogen-bond donors (Lipinski definition) is 3. The van der Waals surface area contributed by atoms with Crippen molar-refractivity contribution < 1.29 is 14.4 Å². The summed E-state index contributed by atoms with van der Waals surface area (Å²) < 4.78 is 0. The highest BCUT2D eigenvalue weighted by Gasteiger charge is 2.42. The number of hydrogen-bond acceptors (Lipinski definition) is 4. The molecule has 7 heteroatoms. The molecule has 144 valence electrons. The first-order valence-electron chi connectivity index (χ1n) is 9.59. The summed E-state index contributed by atoms with van der Waals surface area (Å²) in [5, 5.41) is 9.34. The maximum Gasteiger partial charge on any atom is 0.315 e. The number of amides is 3. The number of rotatable bonds is 11. The fraction of sp³-hybridized carbons (Fsp3) is 0.833. The SMILES string of the molecule is CC.O=CCCCCCNC(=O)CCCC[C@@H]1SC[C@@H]2NC(=O)N[C@@H]21. The Morgan fingerprint density at radius 3 is 2.76 bits per heavy atom. The van der Waals surface area contributed by atoms with E-state index in [1.54, 1.807) is 0 Å². The van der Waals surface area contributed by atoms with Crippen LogP contribution in [0.1, 0.15) is 65.2 Å². The summed E-state index contributed by atoms with van der Waals surface area (Å²) in [7, 11) is 0. The molecule has 0 radical (unpaired) electrons. The van der Waals surface area contributed by atoms with Gasteiger partial charge in [-0.1, -0.05) is 26.7 Å². The minimum Gasteiger partial charge on any atom is -0.356 e. The molecule has 3 N–H and O–H groups in total. The van der Waals surface area contributed by atoms with Gasteiger partial charge in [-0.05, 0) is 25.7 Å². The van der Waals surface area contributed by atoms with Crippen LogP contribution >= 0.6 is 11.8 Å². The Labute approximate surface area is 155 Å². The van der Waals surface area contributed by atoms with Crippen molar-refractivity contribution in [3.63, 3.8) is 0 Å². The average molecular weight is 372 g/mol. The van der Waals surface area contributed by atoms with Gasteiger partial charge in [0.15, 0.2) is 0 Å². The third-order valence-corrected chi connectivity index (χ3v) is 5.91. The average Bonchev–Trinajstić information content (AvgIpc) is 3.16. The van der Waals surface area contributed by atoms with Gasteiger partial charge in [-0.15, -0.1) is 0 Å². The predicted octanol–water partition coefficient (Wildman–Crippen LogP) is 2.61.